The molecule has 0 spiro atoms. The highest BCUT2D eigenvalue weighted by atomic mass is 32.2. The van der Waals surface area contributed by atoms with E-state index in [1.54, 1.807) is 16.7 Å². The lowest BCUT2D eigenvalue weighted by atomic mass is 10.1. The number of halogens is 1. The molecule has 0 N–H and O–H groups in total. The number of benzene rings is 1. The summed E-state index contributed by atoms with van der Waals surface area (Å²) in [7, 11) is 0. The van der Waals surface area contributed by atoms with E-state index in [4.69, 9.17) is 4.74 Å². The van der Waals surface area contributed by atoms with Crippen molar-refractivity contribution in [2.45, 2.75) is 32.7 Å². The van der Waals surface area contributed by atoms with Gasteiger partial charge in [-0.05, 0) is 44.0 Å². The molecule has 2 rings (SSSR count). The Labute approximate surface area is 141 Å². The topological polar surface area (TPSA) is 41.9 Å². The minimum Gasteiger partial charge on any atom is -0.382 e. The summed E-state index contributed by atoms with van der Waals surface area (Å²) in [6.07, 6.45) is 1.71. The van der Waals surface area contributed by atoms with Gasteiger partial charge < -0.3 is 4.74 Å². The highest BCUT2D eigenvalue weighted by Crippen LogP contribution is 2.28. The highest BCUT2D eigenvalue weighted by molar-refractivity contribution is 8.14. The molecular formula is C17H23FN2O2S. The van der Waals surface area contributed by atoms with Crippen LogP contribution in [0.3, 0.4) is 0 Å². The number of amides is 1. The molecule has 0 aromatic heterocycles. The second kappa shape index (κ2) is 9.03. The number of rotatable bonds is 7. The fraction of sp³-hybridized carbons (Fsp3) is 0.529. The van der Waals surface area contributed by atoms with Crippen LogP contribution in [0.5, 0.6) is 0 Å². The summed E-state index contributed by atoms with van der Waals surface area (Å²) in [4.78, 5) is 19.1. The van der Waals surface area contributed by atoms with Crippen molar-refractivity contribution in [3.05, 3.63) is 35.6 Å². The van der Waals surface area contributed by atoms with Crippen LogP contribution in [0.2, 0.25) is 0 Å². The van der Waals surface area contributed by atoms with E-state index in [0.29, 0.717) is 25.3 Å². The van der Waals surface area contributed by atoms with Crippen molar-refractivity contribution in [3.8, 4) is 0 Å². The first kappa shape index (κ1) is 17.9. The molecule has 0 unspecified atom stereocenters. The van der Waals surface area contributed by atoms with Crippen LogP contribution in [-0.2, 0) is 4.74 Å². The second-order valence-corrected chi connectivity index (χ2v) is 6.26. The van der Waals surface area contributed by atoms with Crippen molar-refractivity contribution >= 4 is 22.8 Å². The van der Waals surface area contributed by atoms with Crippen LogP contribution in [0.1, 0.15) is 37.0 Å². The molecule has 0 radical (unpaired) electrons. The Hall–Kier alpha value is -1.40. The fourth-order valence-corrected chi connectivity index (χ4v) is 3.64. The Morgan fingerprint density at radius 1 is 1.39 bits per heavy atom. The zero-order valence-electron chi connectivity index (χ0n) is 13.6. The number of aliphatic imine (C=N–C) groups is 1. The molecule has 1 amide bonds. The molecule has 1 fully saturated rings. The van der Waals surface area contributed by atoms with Gasteiger partial charge in [0.2, 0.25) is 0 Å². The van der Waals surface area contributed by atoms with Crippen LogP contribution in [0, 0.1) is 5.82 Å². The Morgan fingerprint density at radius 3 is 2.78 bits per heavy atom. The van der Waals surface area contributed by atoms with Crippen LogP contribution in [0.25, 0.3) is 0 Å². The van der Waals surface area contributed by atoms with E-state index in [1.807, 2.05) is 6.92 Å². The average Bonchev–Trinajstić information content (AvgIpc) is 2.97. The Kier molecular flexibility index (Phi) is 7.05. The van der Waals surface area contributed by atoms with E-state index in [-0.39, 0.29) is 17.8 Å². The standard InChI is InChI=1S/C17H23FN2O2S/c1-3-15-12-23-17(19-10-5-11-22-4-2)20(15)16(21)13-6-8-14(18)9-7-13/h6-9,15H,3-5,10-12H2,1-2H3/t15-/m0/s1. The molecule has 1 aromatic rings. The van der Waals surface area contributed by atoms with Gasteiger partial charge >= 0.3 is 0 Å². The normalized spacial score (nSPS) is 19.5. The molecule has 1 aliphatic heterocycles. The summed E-state index contributed by atoms with van der Waals surface area (Å²) in [5, 5.41) is 0.766. The highest BCUT2D eigenvalue weighted by Gasteiger charge is 2.34. The zero-order valence-corrected chi connectivity index (χ0v) is 14.4. The third-order valence-corrected chi connectivity index (χ3v) is 4.79. The number of carbonyl (C=O) groups excluding carboxylic acids is 1. The molecule has 0 bridgehead atoms. The van der Waals surface area contributed by atoms with Crippen LogP contribution >= 0.6 is 11.8 Å². The van der Waals surface area contributed by atoms with Gasteiger partial charge in [0.1, 0.15) is 5.82 Å². The van der Waals surface area contributed by atoms with Gasteiger partial charge in [0.15, 0.2) is 5.17 Å². The van der Waals surface area contributed by atoms with Gasteiger partial charge in [-0.2, -0.15) is 0 Å². The molecule has 126 valence electrons. The van der Waals surface area contributed by atoms with Crippen LogP contribution in [0.4, 0.5) is 4.39 Å². The van der Waals surface area contributed by atoms with Crippen molar-refractivity contribution < 1.29 is 13.9 Å². The molecule has 4 nitrogen and oxygen atoms in total. The maximum absolute atomic E-state index is 13.1. The molecule has 1 saturated heterocycles. The van der Waals surface area contributed by atoms with Gasteiger partial charge in [-0.15, -0.1) is 0 Å². The van der Waals surface area contributed by atoms with E-state index in [1.165, 1.54) is 24.3 Å². The SMILES string of the molecule is CCOCCCN=C1SC[C@H](CC)N1C(=O)c1ccc(F)cc1. The predicted octanol–water partition coefficient (Wildman–Crippen LogP) is 3.58. The summed E-state index contributed by atoms with van der Waals surface area (Å²) in [6.45, 7) is 6.06. The predicted molar refractivity (Wildman–Crippen MR) is 92.5 cm³/mol. The first-order valence-corrected chi connectivity index (χ1v) is 9.00. The maximum atomic E-state index is 13.1. The molecular weight excluding hydrogens is 315 g/mol. The van der Waals surface area contributed by atoms with Gasteiger partial charge in [0.25, 0.3) is 5.91 Å². The Morgan fingerprint density at radius 2 is 2.13 bits per heavy atom. The summed E-state index contributed by atoms with van der Waals surface area (Å²) in [5.74, 6) is 0.410. The van der Waals surface area contributed by atoms with Gasteiger partial charge in [0.05, 0.1) is 0 Å². The second-order valence-electron chi connectivity index (χ2n) is 5.27. The minimum absolute atomic E-state index is 0.106. The largest absolute Gasteiger partial charge is 0.382 e. The first-order valence-electron chi connectivity index (χ1n) is 8.01. The third-order valence-electron chi connectivity index (χ3n) is 3.66. The van der Waals surface area contributed by atoms with Gasteiger partial charge in [-0.3, -0.25) is 14.7 Å². The quantitative estimate of drug-likeness (QED) is 0.714. The lowest BCUT2D eigenvalue weighted by Gasteiger charge is -2.23. The molecule has 6 heteroatoms. The number of hydrogen-bond donors (Lipinski definition) is 0. The fourth-order valence-electron chi connectivity index (χ4n) is 2.36. The molecule has 1 atom stereocenters. The van der Waals surface area contributed by atoms with Crippen molar-refractivity contribution in [1.29, 1.82) is 0 Å². The average molecular weight is 338 g/mol. The Balaban J connectivity index is 2.08. The van der Waals surface area contributed by atoms with E-state index in [2.05, 4.69) is 11.9 Å². The Bertz CT molecular complexity index is 548. The number of carbonyl (C=O) groups is 1. The molecule has 1 aliphatic rings. The van der Waals surface area contributed by atoms with E-state index >= 15 is 0 Å². The van der Waals surface area contributed by atoms with Crippen molar-refractivity contribution in [2.75, 3.05) is 25.5 Å². The summed E-state index contributed by atoms with van der Waals surface area (Å²) < 4.78 is 18.4. The van der Waals surface area contributed by atoms with Gasteiger partial charge in [0, 0.05) is 37.1 Å². The molecule has 0 aliphatic carbocycles. The lowest BCUT2D eigenvalue weighted by molar-refractivity contribution is 0.0819. The van der Waals surface area contributed by atoms with E-state index < -0.39 is 0 Å². The minimum atomic E-state index is -0.339. The molecule has 0 saturated carbocycles. The number of amidine groups is 1. The monoisotopic (exact) mass is 338 g/mol. The third kappa shape index (κ3) is 4.78. The number of thioether (sulfide) groups is 1. The molecule has 23 heavy (non-hydrogen) atoms. The summed E-state index contributed by atoms with van der Waals surface area (Å²) in [5.41, 5.74) is 0.495. The summed E-state index contributed by atoms with van der Waals surface area (Å²) >= 11 is 1.61. The van der Waals surface area contributed by atoms with Gasteiger partial charge in [-0.25, -0.2) is 4.39 Å². The van der Waals surface area contributed by atoms with E-state index in [9.17, 15) is 9.18 Å². The van der Waals surface area contributed by atoms with Crippen LogP contribution in [0.15, 0.2) is 29.3 Å². The maximum Gasteiger partial charge on any atom is 0.260 e. The van der Waals surface area contributed by atoms with Crippen molar-refractivity contribution in [2.24, 2.45) is 4.99 Å². The van der Waals surface area contributed by atoms with Crippen molar-refractivity contribution in [1.82, 2.24) is 4.90 Å². The molecule has 1 heterocycles. The van der Waals surface area contributed by atoms with Gasteiger partial charge in [-0.1, -0.05) is 18.7 Å². The summed E-state index contributed by atoms with van der Waals surface area (Å²) in [6, 6.07) is 5.83. The van der Waals surface area contributed by atoms with E-state index in [0.717, 1.165) is 23.8 Å². The number of ether oxygens (including phenoxy) is 1. The van der Waals surface area contributed by atoms with Crippen LogP contribution in [-0.4, -0.2) is 47.5 Å². The van der Waals surface area contributed by atoms with Crippen LogP contribution < -0.4 is 0 Å². The smallest absolute Gasteiger partial charge is 0.260 e. The number of hydrogen-bond acceptors (Lipinski definition) is 4. The zero-order chi connectivity index (χ0) is 16.7. The first-order chi connectivity index (χ1) is 11.2. The lowest BCUT2D eigenvalue weighted by Crippen LogP contribution is -2.39. The molecule has 1 aromatic carbocycles. The van der Waals surface area contributed by atoms with Crippen molar-refractivity contribution in [3.63, 3.8) is 0 Å². The number of nitrogens with zero attached hydrogens (tertiary/aromatic N) is 2.